The van der Waals surface area contributed by atoms with Gasteiger partial charge in [0, 0.05) is 11.7 Å². The average molecular weight is 288 g/mol. The molecular weight excluding hydrogens is 264 g/mol. The first-order chi connectivity index (χ1) is 9.95. The van der Waals surface area contributed by atoms with Crippen LogP contribution in [-0.4, -0.2) is 28.8 Å². The fourth-order valence-electron chi connectivity index (χ4n) is 2.73. The lowest BCUT2D eigenvalue weighted by atomic mass is 10.0. The summed E-state index contributed by atoms with van der Waals surface area (Å²) in [6.07, 6.45) is 1.03. The third kappa shape index (κ3) is 3.09. The lowest BCUT2D eigenvalue weighted by Gasteiger charge is -2.22. The van der Waals surface area contributed by atoms with Crippen molar-refractivity contribution in [2.45, 2.75) is 58.5 Å². The second-order valence-electron chi connectivity index (χ2n) is 6.00. The number of benzene rings is 1. The number of nitrogens with zero attached hydrogens (tertiary/aromatic N) is 1. The third-order valence-electron chi connectivity index (χ3n) is 4.13. The predicted molar refractivity (Wildman–Crippen MR) is 84.2 cm³/mol. The van der Waals surface area contributed by atoms with E-state index in [-0.39, 0.29) is 24.3 Å². The molecule has 1 aliphatic rings. The summed E-state index contributed by atoms with van der Waals surface area (Å²) in [5, 5.41) is 3.27. The quantitative estimate of drug-likeness (QED) is 0.847. The van der Waals surface area contributed by atoms with Gasteiger partial charge in [-0.15, -0.1) is 0 Å². The van der Waals surface area contributed by atoms with E-state index >= 15 is 0 Å². The Balaban J connectivity index is 2.18. The van der Waals surface area contributed by atoms with E-state index in [0.717, 1.165) is 12.1 Å². The minimum absolute atomic E-state index is 0.0304. The van der Waals surface area contributed by atoms with Gasteiger partial charge in [0.15, 0.2) is 0 Å². The minimum Gasteiger partial charge on any atom is -0.373 e. The third-order valence-corrected chi connectivity index (χ3v) is 4.13. The molecule has 1 saturated heterocycles. The van der Waals surface area contributed by atoms with E-state index in [1.165, 1.54) is 10.5 Å². The second-order valence-corrected chi connectivity index (χ2v) is 6.00. The molecule has 1 fully saturated rings. The van der Waals surface area contributed by atoms with E-state index in [1.54, 1.807) is 0 Å². The molecule has 2 atom stereocenters. The number of likely N-dealkylation sites (tertiary alicyclic amines) is 1. The van der Waals surface area contributed by atoms with E-state index in [4.69, 9.17) is 0 Å². The molecule has 1 N–H and O–H groups in total. The molecule has 1 heterocycles. The van der Waals surface area contributed by atoms with Gasteiger partial charge in [-0.25, -0.2) is 0 Å². The minimum atomic E-state index is -0.439. The maximum absolute atomic E-state index is 12.4. The number of anilines is 1. The zero-order valence-corrected chi connectivity index (χ0v) is 13.2. The number of imide groups is 1. The highest BCUT2D eigenvalue weighted by molar-refractivity contribution is 6.07. The molecule has 21 heavy (non-hydrogen) atoms. The molecule has 0 saturated carbocycles. The van der Waals surface area contributed by atoms with Crippen molar-refractivity contribution in [2.75, 3.05) is 5.32 Å². The van der Waals surface area contributed by atoms with Gasteiger partial charge in [0.1, 0.15) is 6.04 Å². The van der Waals surface area contributed by atoms with Crippen LogP contribution in [0.5, 0.6) is 0 Å². The highest BCUT2D eigenvalue weighted by atomic mass is 16.2. The van der Waals surface area contributed by atoms with Gasteiger partial charge >= 0.3 is 0 Å². The summed E-state index contributed by atoms with van der Waals surface area (Å²) in [6.45, 7) is 8.14. The largest absolute Gasteiger partial charge is 0.373 e. The summed E-state index contributed by atoms with van der Waals surface area (Å²) >= 11 is 0. The van der Waals surface area contributed by atoms with Crippen LogP contribution < -0.4 is 5.32 Å². The monoisotopic (exact) mass is 288 g/mol. The highest BCUT2D eigenvalue weighted by Gasteiger charge is 2.40. The van der Waals surface area contributed by atoms with Crippen LogP contribution in [0.3, 0.4) is 0 Å². The van der Waals surface area contributed by atoms with Gasteiger partial charge in [-0.2, -0.15) is 0 Å². The number of nitrogens with one attached hydrogen (secondary N) is 1. The van der Waals surface area contributed by atoms with Crippen LogP contribution >= 0.6 is 0 Å². The Morgan fingerprint density at radius 2 is 1.90 bits per heavy atom. The number of amides is 2. The predicted octanol–water partition coefficient (Wildman–Crippen LogP) is 3.15. The van der Waals surface area contributed by atoms with E-state index in [2.05, 4.69) is 25.2 Å². The van der Waals surface area contributed by atoms with Crippen molar-refractivity contribution < 1.29 is 9.59 Å². The number of rotatable bonds is 5. The van der Waals surface area contributed by atoms with E-state index < -0.39 is 6.04 Å². The summed E-state index contributed by atoms with van der Waals surface area (Å²) in [7, 11) is 0. The van der Waals surface area contributed by atoms with Crippen LogP contribution in [0.25, 0.3) is 0 Å². The standard InChI is InChI=1S/C17H24N2O2/c1-5-12(4)19-16(20)10-15(17(19)21)18-14-9-7-6-8-13(14)11(2)3/h6-9,11-12,15,18H,5,10H2,1-4H3. The Hall–Kier alpha value is -1.84. The average Bonchev–Trinajstić information content (AvgIpc) is 2.73. The molecule has 4 nitrogen and oxygen atoms in total. The maximum atomic E-state index is 12.4. The molecular formula is C17H24N2O2. The molecule has 0 spiro atoms. The van der Waals surface area contributed by atoms with Crippen molar-refractivity contribution in [3.8, 4) is 0 Å². The van der Waals surface area contributed by atoms with Crippen LogP contribution in [0.4, 0.5) is 5.69 Å². The van der Waals surface area contributed by atoms with Crippen molar-refractivity contribution in [3.05, 3.63) is 29.8 Å². The van der Waals surface area contributed by atoms with Crippen molar-refractivity contribution in [1.29, 1.82) is 0 Å². The highest BCUT2D eigenvalue weighted by Crippen LogP contribution is 2.27. The molecule has 0 bridgehead atoms. The van der Waals surface area contributed by atoms with Crippen LogP contribution in [0.1, 0.15) is 52.0 Å². The first kappa shape index (κ1) is 15.5. The zero-order valence-electron chi connectivity index (χ0n) is 13.2. The van der Waals surface area contributed by atoms with E-state index in [0.29, 0.717) is 5.92 Å². The SMILES string of the molecule is CCC(C)N1C(=O)CC(Nc2ccccc2C(C)C)C1=O. The molecule has 4 heteroatoms. The van der Waals surface area contributed by atoms with Gasteiger partial charge in [0.2, 0.25) is 5.91 Å². The summed E-state index contributed by atoms with van der Waals surface area (Å²) in [6, 6.07) is 7.50. The van der Waals surface area contributed by atoms with Gasteiger partial charge < -0.3 is 5.32 Å². The number of carbonyl (C=O) groups is 2. The summed E-state index contributed by atoms with van der Waals surface area (Å²) in [5.74, 6) is 0.188. The van der Waals surface area contributed by atoms with Crippen molar-refractivity contribution in [2.24, 2.45) is 0 Å². The molecule has 0 aromatic heterocycles. The van der Waals surface area contributed by atoms with Gasteiger partial charge in [0.25, 0.3) is 5.91 Å². The maximum Gasteiger partial charge on any atom is 0.252 e. The van der Waals surface area contributed by atoms with Gasteiger partial charge in [-0.05, 0) is 30.9 Å². The topological polar surface area (TPSA) is 49.4 Å². The van der Waals surface area contributed by atoms with Gasteiger partial charge in [-0.1, -0.05) is 39.0 Å². The number of para-hydroxylation sites is 1. The fourth-order valence-corrected chi connectivity index (χ4v) is 2.73. The summed E-state index contributed by atoms with van der Waals surface area (Å²) in [5.41, 5.74) is 2.12. The Kier molecular flexibility index (Phi) is 4.66. The van der Waals surface area contributed by atoms with Crippen molar-refractivity contribution in [1.82, 2.24) is 4.90 Å². The molecule has 1 aromatic carbocycles. The number of carbonyl (C=O) groups excluding carboxylic acids is 2. The number of hydrogen-bond acceptors (Lipinski definition) is 3. The Bertz CT molecular complexity index is 539. The lowest BCUT2D eigenvalue weighted by Crippen LogP contribution is -2.40. The fraction of sp³-hybridized carbons (Fsp3) is 0.529. The van der Waals surface area contributed by atoms with Crippen molar-refractivity contribution in [3.63, 3.8) is 0 Å². The molecule has 1 aliphatic heterocycles. The first-order valence-electron chi connectivity index (χ1n) is 7.67. The number of hydrogen-bond donors (Lipinski definition) is 1. The van der Waals surface area contributed by atoms with Gasteiger partial charge in [0.05, 0.1) is 6.42 Å². The van der Waals surface area contributed by atoms with Crippen LogP contribution in [0, 0.1) is 0 Å². The first-order valence-corrected chi connectivity index (χ1v) is 7.67. The van der Waals surface area contributed by atoms with Crippen LogP contribution in [-0.2, 0) is 9.59 Å². The Morgan fingerprint density at radius 3 is 2.52 bits per heavy atom. The van der Waals surface area contributed by atoms with Gasteiger partial charge in [-0.3, -0.25) is 14.5 Å². The second kappa shape index (κ2) is 6.29. The molecule has 0 aliphatic carbocycles. The smallest absolute Gasteiger partial charge is 0.252 e. The van der Waals surface area contributed by atoms with Crippen LogP contribution in [0.15, 0.2) is 24.3 Å². The summed E-state index contributed by atoms with van der Waals surface area (Å²) < 4.78 is 0. The normalized spacial score (nSPS) is 20.2. The van der Waals surface area contributed by atoms with Crippen molar-refractivity contribution >= 4 is 17.5 Å². The Morgan fingerprint density at radius 1 is 1.24 bits per heavy atom. The molecule has 0 radical (unpaired) electrons. The summed E-state index contributed by atoms with van der Waals surface area (Å²) in [4.78, 5) is 25.9. The molecule has 1 aromatic rings. The van der Waals surface area contributed by atoms with E-state index in [1.807, 2.05) is 32.0 Å². The molecule has 2 unspecified atom stereocenters. The lowest BCUT2D eigenvalue weighted by molar-refractivity contribution is -0.140. The Labute approximate surface area is 126 Å². The zero-order chi connectivity index (χ0) is 15.6. The van der Waals surface area contributed by atoms with Crippen LogP contribution in [0.2, 0.25) is 0 Å². The molecule has 2 amide bonds. The van der Waals surface area contributed by atoms with E-state index in [9.17, 15) is 9.59 Å². The molecule has 114 valence electrons. The molecule has 2 rings (SSSR count).